The molecule has 0 aliphatic carbocycles. The number of hydrogen-bond donors (Lipinski definition) is 1. The van der Waals surface area contributed by atoms with Gasteiger partial charge in [-0.05, 0) is 36.1 Å². The summed E-state index contributed by atoms with van der Waals surface area (Å²) in [6.07, 6.45) is 0. The zero-order chi connectivity index (χ0) is 17.6. The molecule has 0 saturated carbocycles. The van der Waals surface area contributed by atoms with E-state index in [4.69, 9.17) is 4.74 Å². The fraction of sp³-hybridized carbons (Fsp3) is 0.150. The van der Waals surface area contributed by atoms with Crippen LogP contribution in [0.1, 0.15) is 33.8 Å². The molecule has 0 bridgehead atoms. The Morgan fingerprint density at radius 3 is 2.72 bits per heavy atom. The van der Waals surface area contributed by atoms with Crippen molar-refractivity contribution in [2.45, 2.75) is 19.6 Å². The number of rotatable bonds is 6. The SMILES string of the molecule is CC(NC(=O)c1cc(COc2cccc(F)c2)cs1)c1ccccc1. The normalized spacial score (nSPS) is 11.8. The molecule has 1 N–H and O–H groups in total. The van der Waals surface area contributed by atoms with Gasteiger partial charge in [0, 0.05) is 11.6 Å². The number of carbonyl (C=O) groups is 1. The average molecular weight is 355 g/mol. The lowest BCUT2D eigenvalue weighted by molar-refractivity contribution is 0.0944. The third-order valence-electron chi connectivity index (χ3n) is 3.73. The molecule has 5 heteroatoms. The lowest BCUT2D eigenvalue weighted by Crippen LogP contribution is -2.25. The van der Waals surface area contributed by atoms with Crippen molar-refractivity contribution >= 4 is 17.2 Å². The molecule has 128 valence electrons. The third kappa shape index (κ3) is 4.67. The van der Waals surface area contributed by atoms with E-state index in [0.29, 0.717) is 17.2 Å². The summed E-state index contributed by atoms with van der Waals surface area (Å²) in [5.41, 5.74) is 1.94. The van der Waals surface area contributed by atoms with Gasteiger partial charge in [0.2, 0.25) is 0 Å². The van der Waals surface area contributed by atoms with Crippen molar-refractivity contribution in [3.63, 3.8) is 0 Å². The molecule has 0 radical (unpaired) electrons. The van der Waals surface area contributed by atoms with Gasteiger partial charge in [0.15, 0.2) is 0 Å². The predicted molar refractivity (Wildman–Crippen MR) is 97.4 cm³/mol. The summed E-state index contributed by atoms with van der Waals surface area (Å²) in [5.74, 6) is 0.0195. The smallest absolute Gasteiger partial charge is 0.261 e. The average Bonchev–Trinajstić information content (AvgIpc) is 3.10. The zero-order valence-electron chi connectivity index (χ0n) is 13.7. The van der Waals surface area contributed by atoms with Crippen LogP contribution in [0.15, 0.2) is 66.0 Å². The summed E-state index contributed by atoms with van der Waals surface area (Å²) in [7, 11) is 0. The molecular formula is C20H18FNO2S. The van der Waals surface area contributed by atoms with Crippen LogP contribution in [-0.2, 0) is 6.61 Å². The van der Waals surface area contributed by atoms with E-state index in [-0.39, 0.29) is 17.8 Å². The third-order valence-corrected chi connectivity index (χ3v) is 4.70. The van der Waals surface area contributed by atoms with Crippen molar-refractivity contribution in [1.29, 1.82) is 0 Å². The summed E-state index contributed by atoms with van der Waals surface area (Å²) in [6.45, 7) is 2.25. The van der Waals surface area contributed by atoms with Gasteiger partial charge in [0.05, 0.1) is 10.9 Å². The van der Waals surface area contributed by atoms with Gasteiger partial charge >= 0.3 is 0 Å². The highest BCUT2D eigenvalue weighted by atomic mass is 32.1. The van der Waals surface area contributed by atoms with Crippen LogP contribution in [0, 0.1) is 5.82 Å². The molecule has 3 rings (SSSR count). The topological polar surface area (TPSA) is 38.3 Å². The Kier molecular flexibility index (Phi) is 5.46. The standard InChI is InChI=1S/C20H18FNO2S/c1-14(16-6-3-2-4-7-16)22-20(23)19-10-15(13-25-19)12-24-18-9-5-8-17(21)11-18/h2-11,13-14H,12H2,1H3,(H,22,23). The molecule has 0 spiro atoms. The van der Waals surface area contributed by atoms with E-state index >= 15 is 0 Å². The van der Waals surface area contributed by atoms with Crippen molar-refractivity contribution in [2.75, 3.05) is 0 Å². The number of benzene rings is 2. The highest BCUT2D eigenvalue weighted by Crippen LogP contribution is 2.20. The molecule has 1 amide bonds. The Hall–Kier alpha value is -2.66. The Morgan fingerprint density at radius 2 is 1.96 bits per heavy atom. The second-order valence-corrected chi connectivity index (χ2v) is 6.58. The van der Waals surface area contributed by atoms with Crippen molar-refractivity contribution in [3.05, 3.63) is 87.9 Å². The predicted octanol–water partition coefficient (Wildman–Crippen LogP) is 4.96. The van der Waals surface area contributed by atoms with Crippen molar-refractivity contribution in [1.82, 2.24) is 5.32 Å². The number of carbonyl (C=O) groups excluding carboxylic acids is 1. The molecule has 1 aromatic heterocycles. The maximum atomic E-state index is 13.1. The molecule has 1 heterocycles. The molecule has 25 heavy (non-hydrogen) atoms. The molecule has 3 nitrogen and oxygen atoms in total. The lowest BCUT2D eigenvalue weighted by atomic mass is 10.1. The summed E-state index contributed by atoms with van der Waals surface area (Å²) < 4.78 is 18.7. The highest BCUT2D eigenvalue weighted by molar-refractivity contribution is 7.12. The van der Waals surface area contributed by atoms with Gasteiger partial charge in [-0.3, -0.25) is 4.79 Å². The van der Waals surface area contributed by atoms with Gasteiger partial charge in [-0.1, -0.05) is 36.4 Å². The van der Waals surface area contributed by atoms with E-state index in [1.54, 1.807) is 18.2 Å². The maximum absolute atomic E-state index is 13.1. The Labute approximate surface area is 150 Å². The van der Waals surface area contributed by atoms with Crippen molar-refractivity contribution in [2.24, 2.45) is 0 Å². The van der Waals surface area contributed by atoms with Crippen LogP contribution in [-0.4, -0.2) is 5.91 Å². The van der Waals surface area contributed by atoms with Gasteiger partial charge in [-0.2, -0.15) is 0 Å². The van der Waals surface area contributed by atoms with E-state index in [9.17, 15) is 9.18 Å². The summed E-state index contributed by atoms with van der Waals surface area (Å²) >= 11 is 1.37. The minimum Gasteiger partial charge on any atom is -0.489 e. The van der Waals surface area contributed by atoms with Gasteiger partial charge in [-0.15, -0.1) is 11.3 Å². The molecule has 2 aromatic carbocycles. The van der Waals surface area contributed by atoms with E-state index in [0.717, 1.165) is 11.1 Å². The highest BCUT2D eigenvalue weighted by Gasteiger charge is 2.13. The molecule has 3 aromatic rings. The Bertz CT molecular complexity index is 848. The lowest BCUT2D eigenvalue weighted by Gasteiger charge is -2.13. The Balaban J connectivity index is 1.58. The number of amides is 1. The maximum Gasteiger partial charge on any atom is 0.261 e. The minimum absolute atomic E-state index is 0.0669. The number of nitrogens with one attached hydrogen (secondary N) is 1. The van der Waals surface area contributed by atoms with Gasteiger partial charge in [-0.25, -0.2) is 4.39 Å². The number of halogens is 1. The van der Waals surface area contributed by atoms with Crippen LogP contribution in [0.4, 0.5) is 4.39 Å². The first-order chi connectivity index (χ1) is 12.1. The van der Waals surface area contributed by atoms with Crippen LogP contribution in [0.2, 0.25) is 0 Å². The number of hydrogen-bond acceptors (Lipinski definition) is 3. The van der Waals surface area contributed by atoms with Crippen LogP contribution < -0.4 is 10.1 Å². The van der Waals surface area contributed by atoms with E-state index < -0.39 is 0 Å². The first-order valence-corrected chi connectivity index (χ1v) is 8.81. The molecule has 1 unspecified atom stereocenters. The molecule has 0 saturated heterocycles. The monoisotopic (exact) mass is 355 g/mol. The zero-order valence-corrected chi connectivity index (χ0v) is 14.6. The second-order valence-electron chi connectivity index (χ2n) is 5.67. The molecule has 0 aliphatic rings. The quantitative estimate of drug-likeness (QED) is 0.679. The van der Waals surface area contributed by atoms with Crippen LogP contribution in [0.3, 0.4) is 0 Å². The fourth-order valence-corrected chi connectivity index (χ4v) is 3.19. The van der Waals surface area contributed by atoms with Gasteiger partial charge in [0.25, 0.3) is 5.91 Å². The summed E-state index contributed by atoms with van der Waals surface area (Å²) in [4.78, 5) is 13.0. The van der Waals surface area contributed by atoms with E-state index in [1.165, 1.54) is 23.5 Å². The van der Waals surface area contributed by atoms with Crippen molar-refractivity contribution in [3.8, 4) is 5.75 Å². The fourth-order valence-electron chi connectivity index (χ4n) is 2.39. The largest absolute Gasteiger partial charge is 0.489 e. The van der Waals surface area contributed by atoms with Gasteiger partial charge < -0.3 is 10.1 Å². The van der Waals surface area contributed by atoms with Crippen LogP contribution in [0.25, 0.3) is 0 Å². The van der Waals surface area contributed by atoms with Crippen LogP contribution in [0.5, 0.6) is 5.75 Å². The Morgan fingerprint density at radius 1 is 1.16 bits per heavy atom. The van der Waals surface area contributed by atoms with Crippen LogP contribution >= 0.6 is 11.3 Å². The molecule has 0 fully saturated rings. The molecule has 1 atom stereocenters. The number of ether oxygens (including phenoxy) is 1. The second kappa shape index (κ2) is 7.94. The summed E-state index contributed by atoms with van der Waals surface area (Å²) in [6, 6.07) is 17.6. The molecule has 0 aliphatic heterocycles. The first-order valence-electron chi connectivity index (χ1n) is 7.93. The van der Waals surface area contributed by atoms with E-state index in [1.807, 2.05) is 42.6 Å². The first kappa shape index (κ1) is 17.2. The minimum atomic E-state index is -0.335. The van der Waals surface area contributed by atoms with Crippen molar-refractivity contribution < 1.29 is 13.9 Å². The van der Waals surface area contributed by atoms with E-state index in [2.05, 4.69) is 5.32 Å². The summed E-state index contributed by atoms with van der Waals surface area (Å²) in [5, 5.41) is 4.86. The van der Waals surface area contributed by atoms with Gasteiger partial charge in [0.1, 0.15) is 18.2 Å². The molecular weight excluding hydrogens is 337 g/mol. The number of thiophene rings is 1.